The van der Waals surface area contributed by atoms with E-state index in [1.807, 2.05) is 13.8 Å². The quantitative estimate of drug-likeness (QED) is 0.335. The number of phenolic OH excluding ortho intramolecular Hbond substituents is 1. The van der Waals surface area contributed by atoms with Crippen LogP contribution in [-0.4, -0.2) is 33.8 Å². The summed E-state index contributed by atoms with van der Waals surface area (Å²) < 4.78 is 0. The summed E-state index contributed by atoms with van der Waals surface area (Å²) in [4.78, 5) is 25.1. The number of hydrogen-bond acceptors (Lipinski definition) is 5. The van der Waals surface area contributed by atoms with Gasteiger partial charge in [0.1, 0.15) is 5.75 Å². The van der Waals surface area contributed by atoms with Crippen molar-refractivity contribution < 1.29 is 14.8 Å². The standard InChI is InChI=1S/C20H22N2O4/c1-3-21(4-2)14-17-13-16(10-12-20(17)24)19(23)11-9-15-7-5-6-8-18(15)22(25)26/h5-13,24H,3-4,14H2,1-2H3. The van der Waals surface area contributed by atoms with Crippen LogP contribution in [0.4, 0.5) is 5.69 Å². The van der Waals surface area contributed by atoms with Gasteiger partial charge in [-0.1, -0.05) is 26.0 Å². The maximum Gasteiger partial charge on any atom is 0.276 e. The minimum atomic E-state index is -0.479. The van der Waals surface area contributed by atoms with Crippen LogP contribution in [0.15, 0.2) is 48.5 Å². The van der Waals surface area contributed by atoms with Crippen molar-refractivity contribution in [1.29, 1.82) is 0 Å². The monoisotopic (exact) mass is 354 g/mol. The van der Waals surface area contributed by atoms with Crippen molar-refractivity contribution in [2.75, 3.05) is 13.1 Å². The molecule has 0 saturated carbocycles. The summed E-state index contributed by atoms with van der Waals surface area (Å²) in [6, 6.07) is 11.0. The van der Waals surface area contributed by atoms with Crippen LogP contribution in [0.25, 0.3) is 6.08 Å². The number of nitro groups is 1. The number of aromatic hydroxyl groups is 1. The van der Waals surface area contributed by atoms with Gasteiger partial charge in [0.25, 0.3) is 5.69 Å². The van der Waals surface area contributed by atoms with E-state index in [1.165, 1.54) is 24.3 Å². The van der Waals surface area contributed by atoms with Crippen LogP contribution >= 0.6 is 0 Å². The highest BCUT2D eigenvalue weighted by Gasteiger charge is 2.12. The molecule has 0 aliphatic carbocycles. The maximum absolute atomic E-state index is 12.4. The molecule has 2 rings (SSSR count). The van der Waals surface area contributed by atoms with Crippen molar-refractivity contribution >= 4 is 17.5 Å². The van der Waals surface area contributed by atoms with E-state index >= 15 is 0 Å². The lowest BCUT2D eigenvalue weighted by atomic mass is 10.0. The van der Waals surface area contributed by atoms with Crippen LogP contribution in [0.2, 0.25) is 0 Å². The molecule has 0 heterocycles. The van der Waals surface area contributed by atoms with E-state index in [2.05, 4.69) is 4.90 Å². The summed E-state index contributed by atoms with van der Waals surface area (Å²) in [5.41, 5.74) is 1.43. The Bertz CT molecular complexity index is 826. The van der Waals surface area contributed by atoms with Crippen LogP contribution < -0.4 is 0 Å². The first-order chi connectivity index (χ1) is 12.5. The highest BCUT2D eigenvalue weighted by atomic mass is 16.6. The fourth-order valence-electron chi connectivity index (χ4n) is 2.61. The van der Waals surface area contributed by atoms with Crippen molar-refractivity contribution in [2.24, 2.45) is 0 Å². The second-order valence-electron chi connectivity index (χ2n) is 5.82. The number of nitro benzene ring substituents is 1. The normalized spacial score (nSPS) is 11.2. The van der Waals surface area contributed by atoms with Gasteiger partial charge < -0.3 is 5.11 Å². The molecule has 0 amide bonds. The molecule has 0 radical (unpaired) electrons. The van der Waals surface area contributed by atoms with E-state index < -0.39 is 4.92 Å². The minimum absolute atomic E-state index is 0.0514. The number of para-hydroxylation sites is 1. The molecule has 2 aromatic carbocycles. The molecule has 136 valence electrons. The molecular formula is C20H22N2O4. The number of carbonyl (C=O) groups excluding carboxylic acids is 1. The number of rotatable bonds is 8. The van der Waals surface area contributed by atoms with E-state index in [9.17, 15) is 20.0 Å². The SMILES string of the molecule is CCN(CC)Cc1cc(C(=O)C=Cc2ccccc2[N+](=O)[O-])ccc1O. The van der Waals surface area contributed by atoms with Crippen LogP contribution in [0.5, 0.6) is 5.75 Å². The highest BCUT2D eigenvalue weighted by molar-refractivity contribution is 6.07. The molecule has 6 heteroatoms. The van der Waals surface area contributed by atoms with Gasteiger partial charge in [0.15, 0.2) is 5.78 Å². The summed E-state index contributed by atoms with van der Waals surface area (Å²) >= 11 is 0. The Balaban J connectivity index is 2.24. The zero-order valence-electron chi connectivity index (χ0n) is 14.9. The van der Waals surface area contributed by atoms with Crippen LogP contribution in [-0.2, 0) is 6.54 Å². The van der Waals surface area contributed by atoms with Gasteiger partial charge in [0, 0.05) is 23.7 Å². The number of allylic oxidation sites excluding steroid dienone is 1. The smallest absolute Gasteiger partial charge is 0.276 e. The van der Waals surface area contributed by atoms with Crippen molar-refractivity contribution in [2.45, 2.75) is 20.4 Å². The maximum atomic E-state index is 12.4. The second kappa shape index (κ2) is 8.92. The lowest BCUT2D eigenvalue weighted by molar-refractivity contribution is -0.385. The average molecular weight is 354 g/mol. The predicted octanol–water partition coefficient (Wildman–Crippen LogP) is 4.04. The predicted molar refractivity (Wildman–Crippen MR) is 101 cm³/mol. The van der Waals surface area contributed by atoms with E-state index in [0.29, 0.717) is 23.2 Å². The Labute approximate surface area is 152 Å². The first-order valence-electron chi connectivity index (χ1n) is 8.46. The minimum Gasteiger partial charge on any atom is -0.508 e. The third kappa shape index (κ3) is 4.77. The Morgan fingerprint density at radius 1 is 1.19 bits per heavy atom. The molecule has 0 aliphatic heterocycles. The van der Waals surface area contributed by atoms with Gasteiger partial charge in [0.2, 0.25) is 0 Å². The summed E-state index contributed by atoms with van der Waals surface area (Å²) in [6.07, 6.45) is 2.76. The number of phenols is 1. The number of carbonyl (C=O) groups is 1. The molecule has 0 atom stereocenters. The van der Waals surface area contributed by atoms with Crippen molar-refractivity contribution in [3.8, 4) is 5.75 Å². The second-order valence-corrected chi connectivity index (χ2v) is 5.82. The number of ketones is 1. The number of benzene rings is 2. The molecule has 0 aliphatic rings. The van der Waals surface area contributed by atoms with Gasteiger partial charge in [-0.2, -0.15) is 0 Å². The molecule has 26 heavy (non-hydrogen) atoms. The number of nitrogens with zero attached hydrogens (tertiary/aromatic N) is 2. The van der Waals surface area contributed by atoms with Gasteiger partial charge >= 0.3 is 0 Å². The summed E-state index contributed by atoms with van der Waals surface area (Å²) in [6.45, 7) is 6.29. The first-order valence-corrected chi connectivity index (χ1v) is 8.46. The summed E-state index contributed by atoms with van der Waals surface area (Å²) in [5.74, 6) is -0.125. The summed E-state index contributed by atoms with van der Waals surface area (Å²) in [5, 5.41) is 21.1. The molecule has 0 saturated heterocycles. The Morgan fingerprint density at radius 3 is 2.54 bits per heavy atom. The van der Waals surface area contributed by atoms with Gasteiger partial charge in [-0.3, -0.25) is 19.8 Å². The largest absolute Gasteiger partial charge is 0.508 e. The van der Waals surface area contributed by atoms with Crippen molar-refractivity contribution in [3.05, 3.63) is 75.3 Å². The molecule has 1 N–H and O–H groups in total. The van der Waals surface area contributed by atoms with E-state index in [0.717, 1.165) is 13.1 Å². The van der Waals surface area contributed by atoms with Crippen molar-refractivity contribution in [1.82, 2.24) is 4.90 Å². The van der Waals surface area contributed by atoms with E-state index in [-0.39, 0.29) is 17.2 Å². The molecule has 2 aromatic rings. The van der Waals surface area contributed by atoms with E-state index in [4.69, 9.17) is 0 Å². The number of hydrogen-bond donors (Lipinski definition) is 1. The molecular weight excluding hydrogens is 332 g/mol. The van der Waals surface area contributed by atoms with Gasteiger partial charge in [-0.05, 0) is 49.5 Å². The fraction of sp³-hybridized carbons (Fsp3) is 0.250. The van der Waals surface area contributed by atoms with Crippen LogP contribution in [0.1, 0.15) is 35.3 Å². The topological polar surface area (TPSA) is 83.7 Å². The molecule has 0 aromatic heterocycles. The third-order valence-corrected chi connectivity index (χ3v) is 4.20. The fourth-order valence-corrected chi connectivity index (χ4v) is 2.61. The third-order valence-electron chi connectivity index (χ3n) is 4.20. The van der Waals surface area contributed by atoms with Crippen LogP contribution in [0.3, 0.4) is 0 Å². The molecule has 0 spiro atoms. The van der Waals surface area contributed by atoms with Gasteiger partial charge in [-0.25, -0.2) is 0 Å². The Hall–Kier alpha value is -2.99. The molecule has 0 bridgehead atoms. The Morgan fingerprint density at radius 2 is 1.88 bits per heavy atom. The van der Waals surface area contributed by atoms with Crippen LogP contribution in [0, 0.1) is 10.1 Å². The van der Waals surface area contributed by atoms with E-state index in [1.54, 1.807) is 30.3 Å². The molecule has 6 nitrogen and oxygen atoms in total. The molecule has 0 unspecified atom stereocenters. The zero-order valence-corrected chi connectivity index (χ0v) is 14.9. The average Bonchev–Trinajstić information content (AvgIpc) is 2.65. The lowest BCUT2D eigenvalue weighted by Crippen LogP contribution is -2.22. The Kier molecular flexibility index (Phi) is 6.63. The highest BCUT2D eigenvalue weighted by Crippen LogP contribution is 2.22. The first kappa shape index (κ1) is 19.3. The van der Waals surface area contributed by atoms with Gasteiger partial charge in [0.05, 0.1) is 10.5 Å². The summed E-state index contributed by atoms with van der Waals surface area (Å²) in [7, 11) is 0. The van der Waals surface area contributed by atoms with Gasteiger partial charge in [-0.15, -0.1) is 0 Å². The lowest BCUT2D eigenvalue weighted by Gasteiger charge is -2.19. The van der Waals surface area contributed by atoms with Crippen molar-refractivity contribution in [3.63, 3.8) is 0 Å². The zero-order chi connectivity index (χ0) is 19.1. The molecule has 0 fully saturated rings.